The van der Waals surface area contributed by atoms with Gasteiger partial charge in [-0.2, -0.15) is 31.6 Å². The lowest BCUT2D eigenvalue weighted by Crippen LogP contribution is -2.12. The van der Waals surface area contributed by atoms with Gasteiger partial charge in [-0.05, 0) is 96.6 Å². The van der Waals surface area contributed by atoms with Crippen LogP contribution in [0.5, 0.6) is 0 Å². The van der Waals surface area contributed by atoms with Crippen LogP contribution in [0.4, 0.5) is 26.3 Å². The summed E-state index contributed by atoms with van der Waals surface area (Å²) in [4.78, 5) is 0. The second-order valence-corrected chi connectivity index (χ2v) is 18.6. The molecule has 14 rings (SSSR count). The van der Waals surface area contributed by atoms with E-state index in [-0.39, 0.29) is 34.1 Å². The first kappa shape index (κ1) is 43.3. The molecule has 4 aromatic heterocycles. The molecule has 5 nitrogen and oxygen atoms in total. The van der Waals surface area contributed by atoms with Gasteiger partial charge in [0, 0.05) is 60.0 Å². The van der Waals surface area contributed by atoms with E-state index in [9.17, 15) is 5.26 Å². The topological polar surface area (TPSA) is 43.5 Å². The predicted molar refractivity (Wildman–Crippen MR) is 284 cm³/mol. The van der Waals surface area contributed by atoms with Crippen LogP contribution in [-0.2, 0) is 12.4 Å². The molecule has 354 valence electrons. The van der Waals surface area contributed by atoms with E-state index in [0.29, 0.717) is 22.1 Å². The molecule has 0 aliphatic rings. The fourth-order valence-corrected chi connectivity index (χ4v) is 11.5. The molecule has 0 radical (unpaired) electrons. The van der Waals surface area contributed by atoms with Gasteiger partial charge in [-0.3, -0.25) is 0 Å². The predicted octanol–water partition coefficient (Wildman–Crippen LogP) is 17.7. The van der Waals surface area contributed by atoms with E-state index in [2.05, 4.69) is 39.5 Å². The monoisotopic (exact) mass is 975 g/mol. The molecule has 0 atom stereocenters. The molecule has 0 N–H and O–H groups in total. The van der Waals surface area contributed by atoms with Crippen molar-refractivity contribution >= 4 is 87.2 Å². The Morgan fingerprint density at radius 2 is 0.608 bits per heavy atom. The molecule has 74 heavy (non-hydrogen) atoms. The Morgan fingerprint density at radius 3 is 0.919 bits per heavy atom. The number of halogens is 6. The molecule has 0 amide bonds. The van der Waals surface area contributed by atoms with Crippen molar-refractivity contribution in [3.05, 3.63) is 229 Å². The number of hydrogen-bond donors (Lipinski definition) is 0. The normalized spacial score (nSPS) is 12.4. The molecule has 0 aliphatic carbocycles. The van der Waals surface area contributed by atoms with E-state index in [4.69, 9.17) is 0 Å². The fourth-order valence-electron chi connectivity index (χ4n) is 11.5. The van der Waals surface area contributed by atoms with E-state index < -0.39 is 23.5 Å². The van der Waals surface area contributed by atoms with Crippen LogP contribution in [0.1, 0.15) is 16.7 Å². The van der Waals surface area contributed by atoms with Crippen molar-refractivity contribution < 1.29 is 26.3 Å². The summed E-state index contributed by atoms with van der Waals surface area (Å²) in [5, 5.41) is 18.4. The lowest BCUT2D eigenvalue weighted by molar-refractivity contribution is -0.143. The number of aromatic nitrogens is 4. The van der Waals surface area contributed by atoms with Gasteiger partial charge in [-0.15, -0.1) is 0 Å². The van der Waals surface area contributed by atoms with Crippen molar-refractivity contribution in [2.24, 2.45) is 0 Å². The number of fused-ring (bicyclic) bond motifs is 12. The number of nitrogens with zero attached hydrogens (tertiary/aromatic N) is 5. The van der Waals surface area contributed by atoms with Crippen LogP contribution in [0.15, 0.2) is 212 Å². The lowest BCUT2D eigenvalue weighted by atomic mass is 9.94. The average molecular weight is 976 g/mol. The van der Waals surface area contributed by atoms with E-state index >= 15 is 26.3 Å². The zero-order valence-corrected chi connectivity index (χ0v) is 38.7. The molecular formula is C63H35F6N5. The van der Waals surface area contributed by atoms with Crippen LogP contribution in [0.2, 0.25) is 0 Å². The summed E-state index contributed by atoms with van der Waals surface area (Å²) in [7, 11) is 0. The average Bonchev–Trinajstić information content (AvgIpc) is 4.15. The van der Waals surface area contributed by atoms with Crippen molar-refractivity contribution in [3.63, 3.8) is 0 Å². The number of nitriles is 1. The fraction of sp³-hybridized carbons (Fsp3) is 0.0317. The van der Waals surface area contributed by atoms with Crippen molar-refractivity contribution in [2.75, 3.05) is 0 Å². The zero-order valence-electron chi connectivity index (χ0n) is 38.7. The molecular weight excluding hydrogens is 941 g/mol. The van der Waals surface area contributed by atoms with Gasteiger partial charge in [0.05, 0.1) is 78.3 Å². The lowest BCUT2D eigenvalue weighted by Gasteiger charge is -2.23. The largest absolute Gasteiger partial charge is 0.416 e. The van der Waals surface area contributed by atoms with Gasteiger partial charge in [0.1, 0.15) is 0 Å². The highest BCUT2D eigenvalue weighted by atomic mass is 19.4. The maximum atomic E-state index is 15.1. The molecule has 0 spiro atoms. The Hall–Kier alpha value is -9.53. The van der Waals surface area contributed by atoms with Crippen molar-refractivity contribution in [1.29, 1.82) is 5.26 Å². The number of alkyl halides is 6. The summed E-state index contributed by atoms with van der Waals surface area (Å²) < 4.78 is 98.8. The highest BCUT2D eigenvalue weighted by molar-refractivity contribution is 6.15. The minimum Gasteiger partial charge on any atom is -0.309 e. The summed E-state index contributed by atoms with van der Waals surface area (Å²) in [6, 6.07) is 66.6. The summed E-state index contributed by atoms with van der Waals surface area (Å²) in [6.45, 7) is 0. The van der Waals surface area contributed by atoms with Gasteiger partial charge >= 0.3 is 12.4 Å². The SMILES string of the molecule is N#Cc1cc(-n2c3ccccc3c3ccc(-n4c5ccccc5c5ccccc54)cc32)c(-c2cc(C(F)(F)F)cc(C(F)(F)F)c2)c(-n2c3ccccc3c3ccc(-n4c5ccccc5c5ccccc54)cc32)c1. The Bertz CT molecular complexity index is 4340. The highest BCUT2D eigenvalue weighted by Gasteiger charge is 2.38. The van der Waals surface area contributed by atoms with Gasteiger partial charge in [0.25, 0.3) is 0 Å². The summed E-state index contributed by atoms with van der Waals surface area (Å²) in [5.74, 6) is 0. The molecule has 0 bridgehead atoms. The summed E-state index contributed by atoms with van der Waals surface area (Å²) in [5.41, 5.74) is 5.16. The van der Waals surface area contributed by atoms with E-state index in [1.165, 1.54) is 0 Å². The molecule has 14 aromatic rings. The third-order valence-electron chi connectivity index (χ3n) is 14.6. The van der Waals surface area contributed by atoms with E-state index in [1.54, 1.807) is 12.1 Å². The number of hydrogen-bond acceptors (Lipinski definition) is 1. The van der Waals surface area contributed by atoms with Gasteiger partial charge in [-0.1, -0.05) is 121 Å². The first-order valence-corrected chi connectivity index (χ1v) is 23.9. The minimum absolute atomic E-state index is 0.0513. The Labute approximate surface area is 416 Å². The quantitative estimate of drug-likeness (QED) is 0.159. The second kappa shape index (κ2) is 15.7. The smallest absolute Gasteiger partial charge is 0.309 e. The van der Waals surface area contributed by atoms with Crippen LogP contribution < -0.4 is 0 Å². The highest BCUT2D eigenvalue weighted by Crippen LogP contribution is 2.47. The second-order valence-electron chi connectivity index (χ2n) is 18.6. The minimum atomic E-state index is -5.16. The maximum absolute atomic E-state index is 15.1. The van der Waals surface area contributed by atoms with Gasteiger partial charge < -0.3 is 18.3 Å². The van der Waals surface area contributed by atoms with Crippen molar-refractivity contribution in [1.82, 2.24) is 18.3 Å². The third-order valence-corrected chi connectivity index (χ3v) is 14.6. The first-order chi connectivity index (χ1) is 35.9. The van der Waals surface area contributed by atoms with Crippen LogP contribution in [0.25, 0.3) is 121 Å². The summed E-state index contributed by atoms with van der Waals surface area (Å²) in [6.07, 6.45) is -10.3. The molecule has 0 saturated heterocycles. The van der Waals surface area contributed by atoms with Crippen molar-refractivity contribution in [2.45, 2.75) is 12.4 Å². The maximum Gasteiger partial charge on any atom is 0.416 e. The standard InChI is InChI=1S/C63H35F6N5/c64-62(65,66)39-31-38(32-40(33-39)63(67,68)69)61-59(73-55-23-11-5-17-47(55)49-27-25-41(34-57(49)73)71-51-19-7-1-13-43(51)44-14-2-8-20-52(44)71)29-37(36-70)30-60(61)74-56-24-12-6-18-48(56)50-28-26-42(35-58(50)74)72-53-21-9-3-15-45(53)46-16-4-10-22-54(46)72/h1-35H. The van der Waals surface area contributed by atoms with Gasteiger partial charge in [-0.25, -0.2) is 0 Å². The van der Waals surface area contributed by atoms with Crippen molar-refractivity contribution in [3.8, 4) is 39.9 Å². The van der Waals surface area contributed by atoms with Crippen LogP contribution >= 0.6 is 0 Å². The van der Waals surface area contributed by atoms with Crippen LogP contribution in [-0.4, -0.2) is 18.3 Å². The zero-order chi connectivity index (χ0) is 50.2. The Balaban J connectivity index is 1.14. The number of rotatable bonds is 5. The van der Waals surface area contributed by atoms with Crippen LogP contribution in [0.3, 0.4) is 0 Å². The molecule has 4 heterocycles. The number of benzene rings is 10. The molecule has 0 aliphatic heterocycles. The van der Waals surface area contributed by atoms with E-state index in [0.717, 1.165) is 88.7 Å². The van der Waals surface area contributed by atoms with Gasteiger partial charge in [0.2, 0.25) is 0 Å². The van der Waals surface area contributed by atoms with Crippen LogP contribution in [0, 0.1) is 11.3 Å². The molecule has 0 fully saturated rings. The number of para-hydroxylation sites is 6. The molecule has 0 unspecified atom stereocenters. The first-order valence-electron chi connectivity index (χ1n) is 23.9. The van der Waals surface area contributed by atoms with E-state index in [1.807, 2.05) is 167 Å². The molecule has 10 aromatic carbocycles. The Kier molecular flexibility index (Phi) is 9.20. The molecule has 11 heteroatoms. The molecule has 0 saturated carbocycles. The van der Waals surface area contributed by atoms with Gasteiger partial charge in [0.15, 0.2) is 0 Å². The Morgan fingerprint density at radius 1 is 0.311 bits per heavy atom. The third kappa shape index (κ3) is 6.37. The summed E-state index contributed by atoms with van der Waals surface area (Å²) >= 11 is 0.